The van der Waals surface area contributed by atoms with Gasteiger partial charge in [-0.05, 0) is 17.7 Å². The number of ether oxygens (including phenoxy) is 2. The summed E-state index contributed by atoms with van der Waals surface area (Å²) >= 11 is 0. The highest BCUT2D eigenvalue weighted by atomic mass is 19.3. The molecule has 1 aliphatic rings. The molecule has 1 aromatic carbocycles. The fraction of sp³-hybridized carbons (Fsp3) is 0.538. The van der Waals surface area contributed by atoms with Crippen molar-refractivity contribution in [1.29, 1.82) is 0 Å². The molecule has 0 spiro atoms. The lowest BCUT2D eigenvalue weighted by molar-refractivity contribution is -0.0498. The minimum atomic E-state index is -2.80. The van der Waals surface area contributed by atoms with Crippen molar-refractivity contribution in [3.63, 3.8) is 0 Å². The molecule has 6 heteroatoms. The number of aliphatic hydroxyl groups is 1. The van der Waals surface area contributed by atoms with Crippen molar-refractivity contribution < 1.29 is 23.4 Å². The highest BCUT2D eigenvalue weighted by Gasteiger charge is 2.30. The van der Waals surface area contributed by atoms with Crippen LogP contribution in [0.4, 0.5) is 8.78 Å². The van der Waals surface area contributed by atoms with Crippen LogP contribution in [0.2, 0.25) is 0 Å². The van der Waals surface area contributed by atoms with Crippen molar-refractivity contribution in [2.75, 3.05) is 20.2 Å². The van der Waals surface area contributed by atoms with Crippen LogP contribution >= 0.6 is 0 Å². The standard InChI is InChI=1S/C13H17F2NO3/c1-18-12-8-16(7-11(12)17)6-9-2-4-10(5-3-9)19-13(14)15/h2-5,11-13,17H,6-8H2,1H3/t11-,12-/m0/s1. The Bertz CT molecular complexity index is 399. The van der Waals surface area contributed by atoms with Crippen LogP contribution in [0.1, 0.15) is 5.56 Å². The molecule has 19 heavy (non-hydrogen) atoms. The summed E-state index contributed by atoms with van der Waals surface area (Å²) in [6.07, 6.45) is -0.645. The molecule has 106 valence electrons. The summed E-state index contributed by atoms with van der Waals surface area (Å²) in [5.41, 5.74) is 0.977. The van der Waals surface area contributed by atoms with Gasteiger partial charge < -0.3 is 14.6 Å². The molecule has 2 atom stereocenters. The predicted molar refractivity (Wildman–Crippen MR) is 65.2 cm³/mol. The molecule has 1 fully saturated rings. The third-order valence-corrected chi connectivity index (χ3v) is 3.17. The van der Waals surface area contributed by atoms with Crippen molar-refractivity contribution in [3.05, 3.63) is 29.8 Å². The first-order valence-electron chi connectivity index (χ1n) is 6.05. The molecular weight excluding hydrogens is 256 g/mol. The Balaban J connectivity index is 1.90. The number of rotatable bonds is 5. The van der Waals surface area contributed by atoms with Gasteiger partial charge in [0.2, 0.25) is 0 Å². The second kappa shape index (κ2) is 6.27. The molecule has 2 rings (SSSR count). The van der Waals surface area contributed by atoms with Crippen LogP contribution in [0.25, 0.3) is 0 Å². The SMILES string of the molecule is CO[C@H]1CN(Cc2ccc(OC(F)F)cc2)C[C@@H]1O. The van der Waals surface area contributed by atoms with Gasteiger partial charge in [-0.15, -0.1) is 0 Å². The number of hydrogen-bond donors (Lipinski definition) is 1. The smallest absolute Gasteiger partial charge is 0.387 e. The van der Waals surface area contributed by atoms with E-state index in [-0.39, 0.29) is 11.9 Å². The zero-order valence-corrected chi connectivity index (χ0v) is 10.6. The summed E-state index contributed by atoms with van der Waals surface area (Å²) in [5, 5.41) is 9.71. The Morgan fingerprint density at radius 3 is 2.53 bits per heavy atom. The van der Waals surface area contributed by atoms with Gasteiger partial charge in [-0.3, -0.25) is 4.90 Å². The molecule has 1 aromatic rings. The maximum atomic E-state index is 12.0. The second-order valence-electron chi connectivity index (χ2n) is 4.56. The first kappa shape index (κ1) is 14.2. The van der Waals surface area contributed by atoms with E-state index in [2.05, 4.69) is 9.64 Å². The van der Waals surface area contributed by atoms with Gasteiger partial charge in [0, 0.05) is 26.7 Å². The van der Waals surface area contributed by atoms with E-state index in [0.717, 1.165) is 5.56 Å². The van der Waals surface area contributed by atoms with E-state index in [1.165, 1.54) is 12.1 Å². The Morgan fingerprint density at radius 2 is 2.00 bits per heavy atom. The number of halogens is 2. The first-order valence-corrected chi connectivity index (χ1v) is 6.05. The van der Waals surface area contributed by atoms with Gasteiger partial charge >= 0.3 is 6.61 Å². The molecule has 0 radical (unpaired) electrons. The largest absolute Gasteiger partial charge is 0.435 e. The minimum absolute atomic E-state index is 0.148. The molecule has 0 unspecified atom stereocenters. The molecule has 0 amide bonds. The summed E-state index contributed by atoms with van der Waals surface area (Å²) in [6.45, 7) is -0.950. The molecule has 0 bridgehead atoms. The Labute approximate surface area is 110 Å². The van der Waals surface area contributed by atoms with Gasteiger partial charge in [0.1, 0.15) is 5.75 Å². The van der Waals surface area contributed by atoms with Gasteiger partial charge in [0.25, 0.3) is 0 Å². The first-order chi connectivity index (χ1) is 9.08. The molecule has 1 aliphatic heterocycles. The average molecular weight is 273 g/mol. The summed E-state index contributed by atoms with van der Waals surface area (Å²) < 4.78 is 33.4. The van der Waals surface area contributed by atoms with Crippen LogP contribution in [0.15, 0.2) is 24.3 Å². The Kier molecular flexibility index (Phi) is 4.68. The third-order valence-electron chi connectivity index (χ3n) is 3.17. The Morgan fingerprint density at radius 1 is 1.32 bits per heavy atom. The zero-order chi connectivity index (χ0) is 13.8. The number of benzene rings is 1. The maximum absolute atomic E-state index is 12.0. The van der Waals surface area contributed by atoms with Crippen LogP contribution in [0.3, 0.4) is 0 Å². The van der Waals surface area contributed by atoms with E-state index < -0.39 is 12.7 Å². The van der Waals surface area contributed by atoms with Crippen LogP contribution in [0.5, 0.6) is 5.75 Å². The summed E-state index contributed by atoms with van der Waals surface area (Å²) in [5.74, 6) is 0.148. The van der Waals surface area contributed by atoms with Gasteiger partial charge in [0.05, 0.1) is 12.2 Å². The Hall–Kier alpha value is -1.24. The number of β-amino-alcohol motifs (C(OH)–C–C–N with tert-alkyl or cyclic N) is 1. The van der Waals surface area contributed by atoms with Crippen molar-refractivity contribution in [2.45, 2.75) is 25.4 Å². The van der Waals surface area contributed by atoms with E-state index in [0.29, 0.717) is 19.6 Å². The highest BCUT2D eigenvalue weighted by Crippen LogP contribution is 2.19. The van der Waals surface area contributed by atoms with Gasteiger partial charge in [-0.1, -0.05) is 12.1 Å². The number of nitrogens with zero attached hydrogens (tertiary/aromatic N) is 1. The predicted octanol–water partition coefficient (Wildman–Crippen LogP) is 1.48. The quantitative estimate of drug-likeness (QED) is 0.882. The van der Waals surface area contributed by atoms with Crippen molar-refractivity contribution in [2.24, 2.45) is 0 Å². The summed E-state index contributed by atoms with van der Waals surface area (Å²) in [7, 11) is 1.58. The van der Waals surface area contributed by atoms with Crippen LogP contribution in [-0.2, 0) is 11.3 Å². The molecule has 4 nitrogen and oxygen atoms in total. The van der Waals surface area contributed by atoms with E-state index in [4.69, 9.17) is 4.74 Å². The fourth-order valence-corrected chi connectivity index (χ4v) is 2.23. The lowest BCUT2D eigenvalue weighted by Gasteiger charge is -2.15. The van der Waals surface area contributed by atoms with Crippen molar-refractivity contribution in [3.8, 4) is 5.75 Å². The number of alkyl halides is 2. The third kappa shape index (κ3) is 3.86. The molecule has 1 saturated heterocycles. The molecular formula is C13H17F2NO3. The summed E-state index contributed by atoms with van der Waals surface area (Å²) in [6, 6.07) is 6.51. The number of likely N-dealkylation sites (tertiary alicyclic amines) is 1. The van der Waals surface area contributed by atoms with E-state index in [1.54, 1.807) is 19.2 Å². The fourth-order valence-electron chi connectivity index (χ4n) is 2.23. The molecule has 0 aromatic heterocycles. The molecule has 0 saturated carbocycles. The normalized spacial score (nSPS) is 24.1. The van der Waals surface area contributed by atoms with Crippen LogP contribution < -0.4 is 4.74 Å². The monoisotopic (exact) mass is 273 g/mol. The van der Waals surface area contributed by atoms with E-state index in [9.17, 15) is 13.9 Å². The molecule has 1 N–H and O–H groups in total. The van der Waals surface area contributed by atoms with Crippen molar-refractivity contribution >= 4 is 0 Å². The van der Waals surface area contributed by atoms with Gasteiger partial charge in [-0.25, -0.2) is 0 Å². The second-order valence-corrected chi connectivity index (χ2v) is 4.56. The number of hydrogen-bond acceptors (Lipinski definition) is 4. The highest BCUT2D eigenvalue weighted by molar-refractivity contribution is 5.27. The summed E-state index contributed by atoms with van der Waals surface area (Å²) in [4.78, 5) is 2.06. The number of aliphatic hydroxyl groups excluding tert-OH is 1. The lowest BCUT2D eigenvalue weighted by Crippen LogP contribution is -2.25. The van der Waals surface area contributed by atoms with Crippen LogP contribution in [-0.4, -0.2) is 49.0 Å². The molecule has 1 heterocycles. The maximum Gasteiger partial charge on any atom is 0.387 e. The van der Waals surface area contributed by atoms with E-state index in [1.807, 2.05) is 0 Å². The van der Waals surface area contributed by atoms with Crippen molar-refractivity contribution in [1.82, 2.24) is 4.90 Å². The molecule has 0 aliphatic carbocycles. The van der Waals surface area contributed by atoms with E-state index >= 15 is 0 Å². The topological polar surface area (TPSA) is 41.9 Å². The lowest BCUT2D eigenvalue weighted by atomic mass is 10.2. The minimum Gasteiger partial charge on any atom is -0.435 e. The average Bonchev–Trinajstić information content (AvgIpc) is 2.71. The van der Waals surface area contributed by atoms with Crippen LogP contribution in [0, 0.1) is 0 Å². The van der Waals surface area contributed by atoms with Gasteiger partial charge in [-0.2, -0.15) is 8.78 Å². The zero-order valence-electron chi connectivity index (χ0n) is 10.6. The van der Waals surface area contributed by atoms with Gasteiger partial charge in [0.15, 0.2) is 0 Å². The number of methoxy groups -OCH3 is 1.